The lowest BCUT2D eigenvalue weighted by Gasteiger charge is -2.37. The first-order chi connectivity index (χ1) is 9.60. The Hall–Kier alpha value is -1.02. The number of rotatable bonds is 2. The molecule has 1 aliphatic rings. The third kappa shape index (κ3) is 3.99. The number of hydrogen-bond donors (Lipinski definition) is 1. The minimum absolute atomic E-state index is 0.226. The highest BCUT2D eigenvalue weighted by atomic mass is 32.2. The lowest BCUT2D eigenvalue weighted by molar-refractivity contribution is 0.204. The Bertz CT molecular complexity index is 521. The van der Waals surface area contributed by atoms with Gasteiger partial charge in [-0.2, -0.15) is 11.8 Å². The van der Waals surface area contributed by atoms with Crippen LogP contribution in [0.1, 0.15) is 25.0 Å². The smallest absolute Gasteiger partial charge is 0.124 e. The Morgan fingerprint density at radius 3 is 2.95 bits per heavy atom. The third-order valence-electron chi connectivity index (χ3n) is 3.69. The van der Waals surface area contributed by atoms with Gasteiger partial charge in [0.25, 0.3) is 0 Å². The zero-order chi connectivity index (χ0) is 14.5. The van der Waals surface area contributed by atoms with Gasteiger partial charge in [-0.3, -0.25) is 4.90 Å². The van der Waals surface area contributed by atoms with E-state index in [1.807, 2.05) is 17.8 Å². The van der Waals surface area contributed by atoms with Crippen molar-refractivity contribution >= 4 is 11.8 Å². The average Bonchev–Trinajstić information content (AvgIpc) is 2.41. The maximum Gasteiger partial charge on any atom is 0.124 e. The molecule has 0 radical (unpaired) electrons. The van der Waals surface area contributed by atoms with E-state index in [0.717, 1.165) is 24.4 Å². The van der Waals surface area contributed by atoms with Gasteiger partial charge in [0.2, 0.25) is 0 Å². The fourth-order valence-corrected chi connectivity index (χ4v) is 3.58. The first-order valence-electron chi connectivity index (χ1n) is 6.94. The molecule has 1 aliphatic heterocycles. The quantitative estimate of drug-likeness (QED) is 0.849. The van der Waals surface area contributed by atoms with Crippen molar-refractivity contribution in [2.75, 3.05) is 18.8 Å². The maximum atomic E-state index is 13.7. The summed E-state index contributed by atoms with van der Waals surface area (Å²) in [5.41, 5.74) is 7.05. The molecule has 1 saturated heterocycles. The van der Waals surface area contributed by atoms with Crippen LogP contribution in [0, 0.1) is 17.7 Å². The summed E-state index contributed by atoms with van der Waals surface area (Å²) in [5.74, 6) is 6.59. The van der Waals surface area contributed by atoms with E-state index in [9.17, 15) is 4.39 Å². The number of nitrogens with two attached hydrogens (primary N) is 1. The lowest BCUT2D eigenvalue weighted by Crippen LogP contribution is -2.43. The molecule has 108 valence electrons. The highest BCUT2D eigenvalue weighted by Gasteiger charge is 2.25. The Kier molecular flexibility index (Phi) is 5.47. The Morgan fingerprint density at radius 1 is 1.40 bits per heavy atom. The minimum atomic E-state index is -0.226. The molecular formula is C16H21FN2S. The van der Waals surface area contributed by atoms with Crippen LogP contribution in [0.15, 0.2) is 18.2 Å². The summed E-state index contributed by atoms with van der Waals surface area (Å²) in [5, 5.41) is 0.619. The van der Waals surface area contributed by atoms with Gasteiger partial charge in [-0.25, -0.2) is 4.39 Å². The van der Waals surface area contributed by atoms with Crippen molar-refractivity contribution in [2.45, 2.75) is 31.7 Å². The van der Waals surface area contributed by atoms with Gasteiger partial charge in [0.1, 0.15) is 5.82 Å². The Morgan fingerprint density at radius 2 is 2.20 bits per heavy atom. The van der Waals surface area contributed by atoms with Crippen LogP contribution >= 0.6 is 11.8 Å². The van der Waals surface area contributed by atoms with E-state index < -0.39 is 0 Å². The molecule has 0 spiro atoms. The highest BCUT2D eigenvalue weighted by Crippen LogP contribution is 2.25. The molecule has 2 N–H and O–H groups in total. The highest BCUT2D eigenvalue weighted by molar-refractivity contribution is 8.00. The summed E-state index contributed by atoms with van der Waals surface area (Å²) in [4.78, 5) is 2.41. The van der Waals surface area contributed by atoms with Crippen LogP contribution < -0.4 is 5.73 Å². The fourth-order valence-electron chi connectivity index (χ4n) is 2.42. The van der Waals surface area contributed by atoms with Gasteiger partial charge in [-0.05, 0) is 30.7 Å². The van der Waals surface area contributed by atoms with Crippen molar-refractivity contribution in [1.29, 1.82) is 0 Å². The molecule has 1 aromatic rings. The monoisotopic (exact) mass is 292 g/mol. The molecule has 0 saturated carbocycles. The van der Waals surface area contributed by atoms with E-state index in [4.69, 9.17) is 5.73 Å². The second kappa shape index (κ2) is 7.12. The predicted molar refractivity (Wildman–Crippen MR) is 84.1 cm³/mol. The second-order valence-corrected chi connectivity index (χ2v) is 6.63. The van der Waals surface area contributed by atoms with Gasteiger partial charge >= 0.3 is 0 Å². The second-order valence-electron chi connectivity index (χ2n) is 5.14. The Balaban J connectivity index is 2.14. The van der Waals surface area contributed by atoms with Crippen molar-refractivity contribution in [1.82, 2.24) is 4.90 Å². The van der Waals surface area contributed by atoms with Gasteiger partial charge < -0.3 is 5.73 Å². The van der Waals surface area contributed by atoms with E-state index in [1.165, 1.54) is 6.07 Å². The van der Waals surface area contributed by atoms with Gasteiger partial charge in [0, 0.05) is 35.7 Å². The number of hydrogen-bond acceptors (Lipinski definition) is 3. The first kappa shape index (κ1) is 15.4. The third-order valence-corrected chi connectivity index (χ3v) is 5.03. The summed E-state index contributed by atoms with van der Waals surface area (Å²) in [6.45, 7) is 6.62. The number of benzene rings is 1. The van der Waals surface area contributed by atoms with Gasteiger partial charge in [-0.15, -0.1) is 0 Å². The molecule has 1 fully saturated rings. The van der Waals surface area contributed by atoms with Gasteiger partial charge in [-0.1, -0.05) is 18.8 Å². The fraction of sp³-hybridized carbons (Fsp3) is 0.500. The normalized spacial score (nSPS) is 23.2. The van der Waals surface area contributed by atoms with Crippen molar-refractivity contribution in [3.8, 4) is 11.8 Å². The predicted octanol–water partition coefficient (Wildman–Crippen LogP) is 2.46. The molecule has 1 heterocycles. The summed E-state index contributed by atoms with van der Waals surface area (Å²) < 4.78 is 13.7. The molecule has 0 amide bonds. The van der Waals surface area contributed by atoms with Crippen molar-refractivity contribution < 1.29 is 4.39 Å². The van der Waals surface area contributed by atoms with E-state index in [-0.39, 0.29) is 5.82 Å². The molecule has 0 bridgehead atoms. The molecule has 20 heavy (non-hydrogen) atoms. The molecule has 1 aromatic carbocycles. The first-order valence-corrected chi connectivity index (χ1v) is 7.99. The molecule has 2 rings (SSSR count). The molecular weight excluding hydrogens is 271 g/mol. The molecule has 2 atom stereocenters. The summed E-state index contributed by atoms with van der Waals surface area (Å²) in [6, 6.07) is 5.54. The maximum absolute atomic E-state index is 13.7. The zero-order valence-corrected chi connectivity index (χ0v) is 12.8. The lowest BCUT2D eigenvalue weighted by atomic mass is 10.1. The standard InChI is InChI=1S/C16H21FN2S/c1-12-13(2)20-7-6-19(12)11-15-8-14(4-3-5-18)9-16(17)10-15/h8-10,12-13H,5-7,11,18H2,1-2H3. The molecule has 0 aliphatic carbocycles. The average molecular weight is 292 g/mol. The SMILES string of the molecule is CC1SCCN(Cc2cc(F)cc(C#CCN)c2)C1C. The summed E-state index contributed by atoms with van der Waals surface area (Å²) in [6.07, 6.45) is 0. The van der Waals surface area contributed by atoms with E-state index in [1.54, 1.807) is 6.07 Å². The van der Waals surface area contributed by atoms with Gasteiger partial charge in [0.05, 0.1) is 6.54 Å². The Labute approximate surface area is 124 Å². The summed E-state index contributed by atoms with van der Waals surface area (Å²) >= 11 is 2.01. The van der Waals surface area contributed by atoms with Gasteiger partial charge in [0.15, 0.2) is 0 Å². The molecule has 4 heteroatoms. The number of thioether (sulfide) groups is 1. The topological polar surface area (TPSA) is 29.3 Å². The number of nitrogens with zero attached hydrogens (tertiary/aromatic N) is 1. The molecule has 2 unspecified atom stereocenters. The molecule has 2 nitrogen and oxygen atoms in total. The van der Waals surface area contributed by atoms with Crippen LogP contribution in [0.5, 0.6) is 0 Å². The van der Waals surface area contributed by atoms with Crippen molar-refractivity contribution in [3.05, 3.63) is 35.1 Å². The van der Waals surface area contributed by atoms with Crippen LogP contribution in [0.3, 0.4) is 0 Å². The van der Waals surface area contributed by atoms with Crippen LogP contribution in [-0.2, 0) is 6.54 Å². The van der Waals surface area contributed by atoms with Crippen LogP contribution in [0.25, 0.3) is 0 Å². The van der Waals surface area contributed by atoms with Crippen LogP contribution in [0.2, 0.25) is 0 Å². The van der Waals surface area contributed by atoms with E-state index in [0.29, 0.717) is 23.4 Å². The van der Waals surface area contributed by atoms with Crippen LogP contribution in [-0.4, -0.2) is 35.0 Å². The van der Waals surface area contributed by atoms with E-state index >= 15 is 0 Å². The number of halogens is 1. The van der Waals surface area contributed by atoms with Crippen molar-refractivity contribution in [3.63, 3.8) is 0 Å². The largest absolute Gasteiger partial charge is 0.320 e. The zero-order valence-electron chi connectivity index (χ0n) is 12.0. The molecule has 0 aromatic heterocycles. The van der Waals surface area contributed by atoms with Crippen LogP contribution in [0.4, 0.5) is 4.39 Å². The van der Waals surface area contributed by atoms with Crippen molar-refractivity contribution in [2.24, 2.45) is 5.73 Å². The van der Waals surface area contributed by atoms with E-state index in [2.05, 4.69) is 30.6 Å². The minimum Gasteiger partial charge on any atom is -0.320 e. The summed E-state index contributed by atoms with van der Waals surface area (Å²) in [7, 11) is 0.